The normalized spacial score (nSPS) is 12.2. The molecule has 0 heterocycles. The molecule has 0 saturated carbocycles. The maximum absolute atomic E-state index is 12.2. The van der Waals surface area contributed by atoms with Crippen LogP contribution in [-0.2, 0) is 21.2 Å². The molecular formula is C22H30N2O4S. The molecule has 6 nitrogen and oxygen atoms in total. The van der Waals surface area contributed by atoms with E-state index >= 15 is 0 Å². The Hall–Kier alpha value is -2.54. The van der Waals surface area contributed by atoms with Crippen LogP contribution in [0.4, 0.5) is 5.69 Å². The molecular weight excluding hydrogens is 388 g/mol. The van der Waals surface area contributed by atoms with Crippen molar-refractivity contribution >= 4 is 21.6 Å². The van der Waals surface area contributed by atoms with Crippen molar-refractivity contribution in [3.63, 3.8) is 0 Å². The zero-order valence-corrected chi connectivity index (χ0v) is 18.1. The molecule has 7 heteroatoms. The van der Waals surface area contributed by atoms with E-state index in [9.17, 15) is 13.2 Å². The summed E-state index contributed by atoms with van der Waals surface area (Å²) in [5.74, 6) is 0.519. The van der Waals surface area contributed by atoms with Crippen LogP contribution in [0, 0.1) is 0 Å². The molecule has 2 aromatic carbocycles. The Bertz CT molecular complexity index is 885. The number of anilines is 1. The van der Waals surface area contributed by atoms with Crippen molar-refractivity contribution in [3.8, 4) is 5.75 Å². The minimum Gasteiger partial charge on any atom is -0.497 e. The zero-order valence-electron chi connectivity index (χ0n) is 17.3. The summed E-state index contributed by atoms with van der Waals surface area (Å²) < 4.78 is 30.9. The van der Waals surface area contributed by atoms with Gasteiger partial charge in [-0.15, -0.1) is 0 Å². The van der Waals surface area contributed by atoms with Gasteiger partial charge in [-0.25, -0.2) is 8.42 Å². The Kier molecular flexibility index (Phi) is 8.51. The van der Waals surface area contributed by atoms with Crippen LogP contribution in [0.3, 0.4) is 0 Å². The molecule has 29 heavy (non-hydrogen) atoms. The van der Waals surface area contributed by atoms with E-state index in [2.05, 4.69) is 17.4 Å². The maximum Gasteiger partial charge on any atom is 0.232 e. The zero-order chi connectivity index (χ0) is 21.3. The summed E-state index contributed by atoms with van der Waals surface area (Å²) >= 11 is 0. The van der Waals surface area contributed by atoms with Crippen LogP contribution in [0.1, 0.15) is 31.7 Å². The van der Waals surface area contributed by atoms with Crippen LogP contribution in [-0.4, -0.2) is 40.3 Å². The van der Waals surface area contributed by atoms with Crippen molar-refractivity contribution in [2.45, 2.75) is 38.6 Å². The number of amides is 1. The van der Waals surface area contributed by atoms with Crippen molar-refractivity contribution < 1.29 is 17.9 Å². The molecule has 2 aromatic rings. The summed E-state index contributed by atoms with van der Waals surface area (Å²) in [5, 5.41) is 2.99. The Morgan fingerprint density at radius 1 is 1.14 bits per heavy atom. The third-order valence-corrected chi connectivity index (χ3v) is 5.82. The molecule has 0 radical (unpaired) electrons. The van der Waals surface area contributed by atoms with Crippen LogP contribution in [0.25, 0.3) is 0 Å². The van der Waals surface area contributed by atoms with Gasteiger partial charge in [0.25, 0.3) is 0 Å². The minimum atomic E-state index is -3.46. The second-order valence-electron chi connectivity index (χ2n) is 7.13. The Morgan fingerprint density at radius 3 is 2.52 bits per heavy atom. The molecule has 0 aromatic heterocycles. The van der Waals surface area contributed by atoms with Crippen LogP contribution < -0.4 is 14.4 Å². The Balaban J connectivity index is 1.83. The van der Waals surface area contributed by atoms with Crippen molar-refractivity contribution in [3.05, 3.63) is 60.2 Å². The van der Waals surface area contributed by atoms with Gasteiger partial charge in [-0.3, -0.25) is 9.10 Å². The second kappa shape index (κ2) is 10.9. The van der Waals surface area contributed by atoms with E-state index in [0.717, 1.165) is 19.1 Å². The average Bonchev–Trinajstić information content (AvgIpc) is 2.69. The standard InChI is InChI=1S/C22H30N2O4S/c1-18(14-15-19-9-5-4-6-10-19)23-22(25)13-8-16-24(29(3,26)27)20-11-7-12-21(17-20)28-2/h4-7,9-12,17-18H,8,13-16H2,1-3H3,(H,23,25)/t18-/m0/s1. The molecule has 0 spiro atoms. The number of ether oxygens (including phenoxy) is 1. The molecule has 1 amide bonds. The molecule has 0 fully saturated rings. The SMILES string of the molecule is COc1cccc(N(CCCC(=O)N[C@@H](C)CCc2ccccc2)S(C)(=O)=O)c1. The molecule has 2 rings (SSSR count). The number of benzene rings is 2. The number of carbonyl (C=O) groups is 1. The van der Waals surface area contributed by atoms with Gasteiger partial charge < -0.3 is 10.1 Å². The largest absolute Gasteiger partial charge is 0.497 e. The van der Waals surface area contributed by atoms with Gasteiger partial charge in [0.05, 0.1) is 19.1 Å². The lowest BCUT2D eigenvalue weighted by molar-refractivity contribution is -0.121. The Morgan fingerprint density at radius 2 is 1.86 bits per heavy atom. The highest BCUT2D eigenvalue weighted by atomic mass is 32.2. The van der Waals surface area contributed by atoms with Gasteiger partial charge in [-0.2, -0.15) is 0 Å². The van der Waals surface area contributed by atoms with E-state index in [1.165, 1.54) is 17.0 Å². The highest BCUT2D eigenvalue weighted by Crippen LogP contribution is 2.23. The predicted molar refractivity (Wildman–Crippen MR) is 117 cm³/mol. The van der Waals surface area contributed by atoms with E-state index in [-0.39, 0.29) is 24.9 Å². The fourth-order valence-electron chi connectivity index (χ4n) is 3.08. The Labute approximate surface area is 173 Å². The van der Waals surface area contributed by atoms with Crippen LogP contribution in [0.2, 0.25) is 0 Å². The highest BCUT2D eigenvalue weighted by molar-refractivity contribution is 7.92. The number of methoxy groups -OCH3 is 1. The van der Waals surface area contributed by atoms with E-state index in [0.29, 0.717) is 17.9 Å². The number of aryl methyl sites for hydroxylation is 1. The van der Waals surface area contributed by atoms with Gasteiger partial charge in [0.15, 0.2) is 0 Å². The molecule has 0 aliphatic heterocycles. The van der Waals surface area contributed by atoms with Gasteiger partial charge in [0, 0.05) is 25.1 Å². The lowest BCUT2D eigenvalue weighted by Gasteiger charge is -2.23. The summed E-state index contributed by atoms with van der Waals surface area (Å²) in [6.45, 7) is 2.22. The second-order valence-corrected chi connectivity index (χ2v) is 9.04. The van der Waals surface area contributed by atoms with E-state index in [1.54, 1.807) is 24.3 Å². The van der Waals surface area contributed by atoms with Gasteiger partial charge >= 0.3 is 0 Å². The quantitative estimate of drug-likeness (QED) is 0.607. The molecule has 0 aliphatic rings. The predicted octanol–water partition coefficient (Wildman–Crippen LogP) is 3.38. The van der Waals surface area contributed by atoms with Crippen molar-refractivity contribution in [1.82, 2.24) is 5.32 Å². The van der Waals surface area contributed by atoms with E-state index in [1.807, 2.05) is 25.1 Å². The number of hydrogen-bond acceptors (Lipinski definition) is 4. The maximum atomic E-state index is 12.2. The third kappa shape index (κ3) is 7.77. The van der Waals surface area contributed by atoms with E-state index < -0.39 is 10.0 Å². The lowest BCUT2D eigenvalue weighted by atomic mass is 10.1. The summed E-state index contributed by atoms with van der Waals surface area (Å²) in [7, 11) is -1.92. The third-order valence-electron chi connectivity index (χ3n) is 4.62. The first kappa shape index (κ1) is 22.7. The molecule has 0 aliphatic carbocycles. The number of hydrogen-bond donors (Lipinski definition) is 1. The molecule has 0 bridgehead atoms. The number of rotatable bonds is 11. The number of nitrogens with zero attached hydrogens (tertiary/aromatic N) is 1. The molecule has 1 atom stereocenters. The molecule has 158 valence electrons. The first-order valence-electron chi connectivity index (χ1n) is 9.74. The smallest absolute Gasteiger partial charge is 0.232 e. The molecule has 0 saturated heterocycles. The average molecular weight is 419 g/mol. The fourth-order valence-corrected chi connectivity index (χ4v) is 4.04. The number of nitrogens with one attached hydrogen (secondary N) is 1. The van der Waals surface area contributed by atoms with Crippen LogP contribution >= 0.6 is 0 Å². The van der Waals surface area contributed by atoms with Crippen LogP contribution in [0.15, 0.2) is 54.6 Å². The summed E-state index contributed by atoms with van der Waals surface area (Å²) in [5.41, 5.74) is 1.78. The summed E-state index contributed by atoms with van der Waals surface area (Å²) in [4.78, 5) is 12.2. The van der Waals surface area contributed by atoms with E-state index in [4.69, 9.17) is 4.74 Å². The summed E-state index contributed by atoms with van der Waals surface area (Å²) in [6.07, 6.45) is 3.63. The van der Waals surface area contributed by atoms with Gasteiger partial charge in [-0.05, 0) is 43.9 Å². The monoisotopic (exact) mass is 418 g/mol. The first-order valence-corrected chi connectivity index (χ1v) is 11.6. The first-order chi connectivity index (χ1) is 13.8. The fraction of sp³-hybridized carbons (Fsp3) is 0.409. The lowest BCUT2D eigenvalue weighted by Crippen LogP contribution is -2.35. The topological polar surface area (TPSA) is 75.7 Å². The van der Waals surface area contributed by atoms with Crippen molar-refractivity contribution in [2.24, 2.45) is 0 Å². The molecule has 1 N–H and O–H groups in total. The summed E-state index contributed by atoms with van der Waals surface area (Å²) in [6, 6.07) is 17.1. The molecule has 0 unspecified atom stereocenters. The van der Waals surface area contributed by atoms with Gasteiger partial charge in [-0.1, -0.05) is 36.4 Å². The highest BCUT2D eigenvalue weighted by Gasteiger charge is 2.18. The minimum absolute atomic E-state index is 0.0621. The number of sulfonamides is 1. The van der Waals surface area contributed by atoms with Crippen LogP contribution in [0.5, 0.6) is 5.75 Å². The number of carbonyl (C=O) groups excluding carboxylic acids is 1. The van der Waals surface area contributed by atoms with Gasteiger partial charge in [0.1, 0.15) is 5.75 Å². The van der Waals surface area contributed by atoms with Crippen molar-refractivity contribution in [1.29, 1.82) is 0 Å². The van der Waals surface area contributed by atoms with Gasteiger partial charge in [0.2, 0.25) is 15.9 Å². The van der Waals surface area contributed by atoms with Crippen molar-refractivity contribution in [2.75, 3.05) is 24.2 Å².